The topological polar surface area (TPSA) is 76.2 Å². The van der Waals surface area contributed by atoms with Crippen molar-refractivity contribution in [3.63, 3.8) is 0 Å². The zero-order valence-electron chi connectivity index (χ0n) is 12.2. The average molecular weight is 294 g/mol. The van der Waals surface area contributed by atoms with Crippen LogP contribution in [0.4, 0.5) is 5.69 Å². The maximum atomic E-state index is 12.0. The fourth-order valence-corrected chi connectivity index (χ4v) is 4.19. The van der Waals surface area contributed by atoms with E-state index in [0.29, 0.717) is 23.7 Å². The Bertz CT molecular complexity index is 758. The Kier molecular flexibility index (Phi) is 2.76. The summed E-state index contributed by atoms with van der Waals surface area (Å²) in [7, 11) is 0. The summed E-state index contributed by atoms with van der Waals surface area (Å²) in [6.45, 7) is 0. The van der Waals surface area contributed by atoms with E-state index in [1.165, 1.54) is 11.1 Å². The van der Waals surface area contributed by atoms with Crippen LogP contribution in [-0.4, -0.2) is 16.1 Å². The van der Waals surface area contributed by atoms with Crippen molar-refractivity contribution in [3.05, 3.63) is 59.4 Å². The third-order valence-electron chi connectivity index (χ3n) is 5.32. The molecule has 1 fully saturated rings. The molecular formula is C18H18N2O2. The molecule has 2 aromatic rings. The second kappa shape index (κ2) is 4.57. The highest BCUT2D eigenvalue weighted by Crippen LogP contribution is 2.63. The third-order valence-corrected chi connectivity index (χ3v) is 5.32. The number of hydrogen-bond donors (Lipinski definition) is 2. The lowest BCUT2D eigenvalue weighted by Crippen LogP contribution is -2.26. The van der Waals surface area contributed by atoms with Crippen molar-refractivity contribution in [1.82, 2.24) is 4.98 Å². The number of carboxylic acid groups (broad SMARTS) is 1. The number of hydrogen-bond acceptors (Lipinski definition) is 3. The second-order valence-corrected chi connectivity index (χ2v) is 6.37. The van der Waals surface area contributed by atoms with Crippen LogP contribution < -0.4 is 5.73 Å². The SMILES string of the molecule is Nc1cccnc1C1(C(=O)O)CC1C1CCc2ccccc21. The van der Waals surface area contributed by atoms with Gasteiger partial charge in [0.2, 0.25) is 0 Å². The van der Waals surface area contributed by atoms with E-state index in [1.54, 1.807) is 18.3 Å². The molecule has 0 spiro atoms. The van der Waals surface area contributed by atoms with Crippen LogP contribution >= 0.6 is 0 Å². The van der Waals surface area contributed by atoms with E-state index in [2.05, 4.69) is 23.2 Å². The Morgan fingerprint density at radius 1 is 1.27 bits per heavy atom. The summed E-state index contributed by atoms with van der Waals surface area (Å²) in [5.41, 5.74) is 8.79. The molecule has 1 aromatic carbocycles. The molecule has 3 N–H and O–H groups in total. The second-order valence-electron chi connectivity index (χ2n) is 6.37. The minimum absolute atomic E-state index is 0.0887. The van der Waals surface area contributed by atoms with Crippen LogP contribution in [0.1, 0.15) is 35.6 Å². The smallest absolute Gasteiger partial charge is 0.316 e. The summed E-state index contributed by atoms with van der Waals surface area (Å²) >= 11 is 0. The molecule has 1 aromatic heterocycles. The number of benzene rings is 1. The molecule has 22 heavy (non-hydrogen) atoms. The van der Waals surface area contributed by atoms with Crippen molar-refractivity contribution in [3.8, 4) is 0 Å². The quantitative estimate of drug-likeness (QED) is 0.912. The number of nitrogens with zero attached hydrogens (tertiary/aromatic N) is 1. The molecule has 0 amide bonds. The van der Waals surface area contributed by atoms with Crippen LogP contribution in [0.2, 0.25) is 0 Å². The lowest BCUT2D eigenvalue weighted by Gasteiger charge is -2.18. The zero-order valence-corrected chi connectivity index (χ0v) is 12.2. The first kappa shape index (κ1) is 13.3. The Hall–Kier alpha value is -2.36. The maximum Gasteiger partial charge on any atom is 0.316 e. The van der Waals surface area contributed by atoms with Crippen LogP contribution in [0.5, 0.6) is 0 Å². The molecule has 0 aliphatic heterocycles. The van der Waals surface area contributed by atoms with Crippen molar-refractivity contribution in [2.24, 2.45) is 5.92 Å². The number of fused-ring (bicyclic) bond motifs is 1. The van der Waals surface area contributed by atoms with Gasteiger partial charge in [0.1, 0.15) is 5.41 Å². The van der Waals surface area contributed by atoms with E-state index in [0.717, 1.165) is 12.8 Å². The molecule has 1 heterocycles. The summed E-state index contributed by atoms with van der Waals surface area (Å²) in [5, 5.41) is 9.86. The summed E-state index contributed by atoms with van der Waals surface area (Å²) in [6, 6.07) is 11.9. The van der Waals surface area contributed by atoms with E-state index in [-0.39, 0.29) is 5.92 Å². The largest absolute Gasteiger partial charge is 0.481 e. The number of nitrogen functional groups attached to an aromatic ring is 1. The van der Waals surface area contributed by atoms with Gasteiger partial charge in [0.05, 0.1) is 11.4 Å². The third kappa shape index (κ3) is 1.70. The van der Waals surface area contributed by atoms with Crippen LogP contribution in [-0.2, 0) is 16.6 Å². The van der Waals surface area contributed by atoms with E-state index in [1.807, 2.05) is 6.07 Å². The number of aliphatic carboxylic acids is 1. The van der Waals surface area contributed by atoms with Gasteiger partial charge < -0.3 is 10.8 Å². The van der Waals surface area contributed by atoms with Crippen molar-refractivity contribution in [1.29, 1.82) is 0 Å². The van der Waals surface area contributed by atoms with Gasteiger partial charge in [0, 0.05) is 6.20 Å². The molecule has 4 heteroatoms. The molecule has 4 rings (SSSR count). The number of carboxylic acids is 1. The number of rotatable bonds is 3. The predicted molar refractivity (Wildman–Crippen MR) is 83.6 cm³/mol. The van der Waals surface area contributed by atoms with Crippen molar-refractivity contribution in [2.75, 3.05) is 5.73 Å². The number of anilines is 1. The molecule has 0 bridgehead atoms. The van der Waals surface area contributed by atoms with Crippen LogP contribution in [0, 0.1) is 5.92 Å². The highest BCUT2D eigenvalue weighted by molar-refractivity contribution is 5.87. The van der Waals surface area contributed by atoms with E-state index in [4.69, 9.17) is 5.73 Å². The molecule has 0 radical (unpaired) electrons. The average Bonchev–Trinajstić information content (AvgIpc) is 3.13. The van der Waals surface area contributed by atoms with Gasteiger partial charge in [-0.05, 0) is 54.4 Å². The van der Waals surface area contributed by atoms with Gasteiger partial charge in [-0.1, -0.05) is 24.3 Å². The highest BCUT2D eigenvalue weighted by Gasteiger charge is 2.66. The predicted octanol–water partition coefficient (Wildman–Crippen LogP) is 2.74. The minimum Gasteiger partial charge on any atom is -0.481 e. The minimum atomic E-state index is -0.909. The molecule has 1 saturated carbocycles. The Morgan fingerprint density at radius 2 is 2.09 bits per heavy atom. The Morgan fingerprint density at radius 3 is 2.86 bits per heavy atom. The molecule has 2 aliphatic carbocycles. The van der Waals surface area contributed by atoms with Crippen LogP contribution in [0.3, 0.4) is 0 Å². The normalized spacial score (nSPS) is 29.1. The summed E-state index contributed by atoms with van der Waals surface area (Å²) in [6.07, 6.45) is 4.31. The van der Waals surface area contributed by atoms with Crippen molar-refractivity contribution >= 4 is 11.7 Å². The molecule has 3 unspecified atom stereocenters. The maximum absolute atomic E-state index is 12.0. The molecular weight excluding hydrogens is 276 g/mol. The monoisotopic (exact) mass is 294 g/mol. The first-order valence-corrected chi connectivity index (χ1v) is 7.67. The van der Waals surface area contributed by atoms with E-state index in [9.17, 15) is 9.90 Å². The summed E-state index contributed by atoms with van der Waals surface area (Å²) in [4.78, 5) is 16.3. The number of aryl methyl sites for hydroxylation is 1. The van der Waals surface area contributed by atoms with Gasteiger partial charge in [0.25, 0.3) is 0 Å². The van der Waals surface area contributed by atoms with Crippen molar-refractivity contribution in [2.45, 2.75) is 30.6 Å². The first-order chi connectivity index (χ1) is 10.6. The van der Waals surface area contributed by atoms with Gasteiger partial charge >= 0.3 is 5.97 Å². The van der Waals surface area contributed by atoms with Gasteiger partial charge in [-0.3, -0.25) is 9.78 Å². The highest BCUT2D eigenvalue weighted by atomic mass is 16.4. The van der Waals surface area contributed by atoms with Gasteiger partial charge in [-0.15, -0.1) is 0 Å². The molecule has 0 saturated heterocycles. The van der Waals surface area contributed by atoms with Crippen molar-refractivity contribution < 1.29 is 9.90 Å². The fourth-order valence-electron chi connectivity index (χ4n) is 4.19. The number of aromatic nitrogens is 1. The Balaban J connectivity index is 1.74. The molecule has 2 aliphatic rings. The number of nitrogens with two attached hydrogens (primary N) is 1. The molecule has 4 nitrogen and oxygen atoms in total. The lowest BCUT2D eigenvalue weighted by atomic mass is 9.87. The van der Waals surface area contributed by atoms with E-state index >= 15 is 0 Å². The number of carbonyl (C=O) groups is 1. The Labute approximate surface area is 129 Å². The van der Waals surface area contributed by atoms with Crippen LogP contribution in [0.25, 0.3) is 0 Å². The fraction of sp³-hybridized carbons (Fsp3) is 0.333. The van der Waals surface area contributed by atoms with Gasteiger partial charge in [-0.25, -0.2) is 0 Å². The summed E-state index contributed by atoms with van der Waals surface area (Å²) < 4.78 is 0. The molecule has 112 valence electrons. The van der Waals surface area contributed by atoms with Crippen LogP contribution in [0.15, 0.2) is 42.6 Å². The van der Waals surface area contributed by atoms with E-state index < -0.39 is 11.4 Å². The van der Waals surface area contributed by atoms with Gasteiger partial charge in [0.15, 0.2) is 0 Å². The summed E-state index contributed by atoms with van der Waals surface area (Å²) in [5.74, 6) is -0.410. The standard InChI is InChI=1S/C18H18N2O2/c19-15-6-3-9-20-16(15)18(17(21)22)10-14(18)13-8-7-11-4-1-2-5-12(11)13/h1-6,9,13-14H,7-8,10,19H2,(H,21,22). The zero-order chi connectivity index (χ0) is 15.3. The lowest BCUT2D eigenvalue weighted by molar-refractivity contribution is -0.140. The van der Waals surface area contributed by atoms with Gasteiger partial charge in [-0.2, -0.15) is 0 Å². The first-order valence-electron chi connectivity index (χ1n) is 7.67. The molecule has 3 atom stereocenters. The number of pyridine rings is 1.